The van der Waals surface area contributed by atoms with Crippen LogP contribution in [0.4, 0.5) is 0 Å². The summed E-state index contributed by atoms with van der Waals surface area (Å²) in [7, 11) is 1.84. The van der Waals surface area contributed by atoms with Gasteiger partial charge in [0.2, 0.25) is 11.8 Å². The Hall–Kier alpha value is -2.78. The molecule has 2 aliphatic heterocycles. The lowest BCUT2D eigenvalue weighted by Crippen LogP contribution is -2.52. The van der Waals surface area contributed by atoms with Gasteiger partial charge < -0.3 is 10.2 Å². The summed E-state index contributed by atoms with van der Waals surface area (Å²) >= 11 is 0. The second-order valence-corrected chi connectivity index (χ2v) is 6.43. The van der Waals surface area contributed by atoms with E-state index in [-0.39, 0.29) is 30.6 Å². The van der Waals surface area contributed by atoms with Crippen molar-refractivity contribution in [1.82, 2.24) is 30.5 Å². The molecule has 1 unspecified atom stereocenters. The van der Waals surface area contributed by atoms with Gasteiger partial charge in [-0.1, -0.05) is 5.21 Å². The van der Waals surface area contributed by atoms with E-state index in [4.69, 9.17) is 0 Å². The highest BCUT2D eigenvalue weighted by molar-refractivity contribution is 6.05. The van der Waals surface area contributed by atoms with Crippen LogP contribution in [-0.2, 0) is 22.7 Å². The fourth-order valence-corrected chi connectivity index (χ4v) is 3.39. The molecule has 10 heteroatoms. The third kappa shape index (κ3) is 3.43. The fourth-order valence-electron chi connectivity index (χ4n) is 3.39. The van der Waals surface area contributed by atoms with Crippen molar-refractivity contribution in [2.75, 3.05) is 7.05 Å². The molecular formula is C17H19ClN6O3. The number of rotatable bonds is 4. The van der Waals surface area contributed by atoms with Crippen LogP contribution < -0.4 is 10.6 Å². The first-order valence-corrected chi connectivity index (χ1v) is 8.40. The molecular weight excluding hydrogens is 372 g/mol. The quantitative estimate of drug-likeness (QED) is 0.720. The largest absolute Gasteiger partial charge is 0.322 e. The molecule has 0 saturated carbocycles. The highest BCUT2D eigenvalue weighted by Crippen LogP contribution is 2.28. The fraction of sp³-hybridized carbons (Fsp3) is 0.353. The van der Waals surface area contributed by atoms with Crippen LogP contribution in [-0.4, -0.2) is 50.7 Å². The van der Waals surface area contributed by atoms with E-state index in [1.54, 1.807) is 10.7 Å². The normalized spacial score (nSPS) is 18.9. The molecule has 2 N–H and O–H groups in total. The molecule has 9 nitrogen and oxygen atoms in total. The van der Waals surface area contributed by atoms with Gasteiger partial charge in [-0.3, -0.25) is 19.7 Å². The van der Waals surface area contributed by atoms with Crippen LogP contribution in [0.5, 0.6) is 0 Å². The SMILES string of the molecule is CNCc1cn(-c2ccc3c(c2)CN(C2CCC(=O)NC2=O)C3=O)nn1.Cl. The van der Waals surface area contributed by atoms with Gasteiger partial charge in [0, 0.05) is 25.1 Å². The maximum Gasteiger partial charge on any atom is 0.255 e. The number of nitrogens with one attached hydrogen (secondary N) is 2. The second-order valence-electron chi connectivity index (χ2n) is 6.43. The van der Waals surface area contributed by atoms with E-state index in [1.165, 1.54) is 4.90 Å². The maximum absolute atomic E-state index is 12.7. The summed E-state index contributed by atoms with van der Waals surface area (Å²) < 4.78 is 1.66. The summed E-state index contributed by atoms with van der Waals surface area (Å²) in [4.78, 5) is 37.6. The molecule has 3 heterocycles. The van der Waals surface area contributed by atoms with Crippen molar-refractivity contribution in [1.29, 1.82) is 0 Å². The van der Waals surface area contributed by atoms with Gasteiger partial charge in [-0.05, 0) is 37.2 Å². The molecule has 27 heavy (non-hydrogen) atoms. The first kappa shape index (κ1) is 19.0. The Morgan fingerprint density at radius 1 is 1.30 bits per heavy atom. The van der Waals surface area contributed by atoms with E-state index >= 15 is 0 Å². The number of amides is 3. The zero-order valence-electron chi connectivity index (χ0n) is 14.6. The average molecular weight is 391 g/mol. The highest BCUT2D eigenvalue weighted by atomic mass is 35.5. The van der Waals surface area contributed by atoms with Crippen LogP contribution in [0.2, 0.25) is 0 Å². The topological polar surface area (TPSA) is 109 Å². The molecule has 0 spiro atoms. The third-order valence-electron chi connectivity index (χ3n) is 4.67. The lowest BCUT2D eigenvalue weighted by atomic mass is 10.0. The molecule has 0 radical (unpaired) electrons. The van der Waals surface area contributed by atoms with Crippen molar-refractivity contribution >= 4 is 30.1 Å². The number of nitrogens with zero attached hydrogens (tertiary/aromatic N) is 4. The molecule has 142 valence electrons. The number of carbonyl (C=O) groups is 3. The number of aromatic nitrogens is 3. The smallest absolute Gasteiger partial charge is 0.255 e. The Balaban J connectivity index is 0.00000210. The first-order chi connectivity index (χ1) is 12.6. The molecule has 1 saturated heterocycles. The minimum atomic E-state index is -0.607. The van der Waals surface area contributed by atoms with Crippen molar-refractivity contribution in [3.8, 4) is 5.69 Å². The molecule has 2 aliphatic rings. The molecule has 2 aromatic rings. The molecule has 0 aliphatic carbocycles. The molecule has 1 atom stereocenters. The van der Waals surface area contributed by atoms with E-state index < -0.39 is 11.9 Å². The number of piperidine rings is 1. The van der Waals surface area contributed by atoms with Crippen LogP contribution in [0.1, 0.15) is 34.5 Å². The van der Waals surface area contributed by atoms with E-state index in [9.17, 15) is 14.4 Å². The second kappa shape index (κ2) is 7.45. The van der Waals surface area contributed by atoms with Gasteiger partial charge in [-0.15, -0.1) is 17.5 Å². The van der Waals surface area contributed by atoms with Gasteiger partial charge >= 0.3 is 0 Å². The van der Waals surface area contributed by atoms with Crippen LogP contribution in [0.3, 0.4) is 0 Å². The van der Waals surface area contributed by atoms with Crippen LogP contribution in [0.25, 0.3) is 5.69 Å². The van der Waals surface area contributed by atoms with Gasteiger partial charge in [0.05, 0.1) is 17.6 Å². The molecule has 1 aromatic heterocycles. The summed E-state index contributed by atoms with van der Waals surface area (Å²) in [6.07, 6.45) is 2.43. The maximum atomic E-state index is 12.7. The lowest BCUT2D eigenvalue weighted by Gasteiger charge is -2.29. The minimum absolute atomic E-state index is 0. The Bertz CT molecular complexity index is 912. The van der Waals surface area contributed by atoms with Crippen LogP contribution in [0.15, 0.2) is 24.4 Å². The van der Waals surface area contributed by atoms with Gasteiger partial charge in [-0.25, -0.2) is 4.68 Å². The standard InChI is InChI=1S/C17H18N6O3.ClH/c1-18-7-11-9-23(21-20-11)12-2-3-13-10(6-12)8-22(17(13)26)14-4-5-15(24)19-16(14)25;/h2-3,6,9,14,18H,4-5,7-8H2,1H3,(H,19,24,25);1H. The summed E-state index contributed by atoms with van der Waals surface area (Å²) in [5.74, 6) is -0.882. The van der Waals surface area contributed by atoms with Crippen molar-refractivity contribution < 1.29 is 14.4 Å². The molecule has 1 aromatic carbocycles. The van der Waals surface area contributed by atoms with Crippen molar-refractivity contribution in [3.63, 3.8) is 0 Å². The Morgan fingerprint density at radius 2 is 2.11 bits per heavy atom. The van der Waals surface area contributed by atoms with E-state index in [0.29, 0.717) is 25.1 Å². The van der Waals surface area contributed by atoms with Crippen molar-refractivity contribution in [2.45, 2.75) is 32.0 Å². The number of hydrogen-bond donors (Lipinski definition) is 2. The Kier molecular flexibility index (Phi) is 5.24. The molecule has 3 amide bonds. The number of fused-ring (bicyclic) bond motifs is 1. The predicted octanol–water partition coefficient (Wildman–Crippen LogP) is 0.170. The van der Waals surface area contributed by atoms with Crippen LogP contribution >= 0.6 is 12.4 Å². The minimum Gasteiger partial charge on any atom is -0.322 e. The van der Waals surface area contributed by atoms with Crippen molar-refractivity contribution in [3.05, 3.63) is 41.2 Å². The summed E-state index contributed by atoms with van der Waals surface area (Å²) in [6.45, 7) is 0.957. The summed E-state index contributed by atoms with van der Waals surface area (Å²) in [5, 5.41) is 13.5. The monoisotopic (exact) mass is 390 g/mol. The van der Waals surface area contributed by atoms with Gasteiger partial charge in [0.15, 0.2) is 0 Å². The predicted molar refractivity (Wildman–Crippen MR) is 97.4 cm³/mol. The van der Waals surface area contributed by atoms with E-state index in [2.05, 4.69) is 20.9 Å². The number of carbonyl (C=O) groups excluding carboxylic acids is 3. The number of hydrogen-bond acceptors (Lipinski definition) is 6. The lowest BCUT2D eigenvalue weighted by molar-refractivity contribution is -0.136. The van der Waals surface area contributed by atoms with Crippen LogP contribution in [0, 0.1) is 0 Å². The highest BCUT2D eigenvalue weighted by Gasteiger charge is 2.39. The van der Waals surface area contributed by atoms with Gasteiger partial charge in [-0.2, -0.15) is 0 Å². The summed E-state index contributed by atoms with van der Waals surface area (Å²) in [6, 6.07) is 4.84. The average Bonchev–Trinajstić information content (AvgIpc) is 3.20. The Morgan fingerprint density at radius 3 is 2.85 bits per heavy atom. The van der Waals surface area contributed by atoms with Gasteiger partial charge in [0.1, 0.15) is 6.04 Å². The summed E-state index contributed by atoms with van der Waals surface area (Å²) in [5.41, 5.74) is 3.03. The Labute approximate surface area is 161 Å². The third-order valence-corrected chi connectivity index (χ3v) is 4.67. The van der Waals surface area contributed by atoms with Crippen molar-refractivity contribution in [2.24, 2.45) is 0 Å². The molecule has 0 bridgehead atoms. The molecule has 1 fully saturated rings. The number of benzene rings is 1. The van der Waals surface area contributed by atoms with Gasteiger partial charge in [0.25, 0.3) is 5.91 Å². The first-order valence-electron chi connectivity index (χ1n) is 8.40. The van der Waals surface area contributed by atoms with E-state index in [0.717, 1.165) is 16.9 Å². The number of imide groups is 1. The number of halogens is 1. The zero-order chi connectivity index (χ0) is 18.3. The zero-order valence-corrected chi connectivity index (χ0v) is 15.5. The van der Waals surface area contributed by atoms with E-state index in [1.807, 2.05) is 25.4 Å². The molecule has 4 rings (SSSR count).